The van der Waals surface area contributed by atoms with Gasteiger partial charge in [-0.05, 0) is 36.4 Å². The van der Waals surface area contributed by atoms with Crippen molar-refractivity contribution < 1.29 is 0 Å². The molecule has 2 aromatic heterocycles. The second-order valence-corrected chi connectivity index (χ2v) is 5.95. The van der Waals surface area contributed by atoms with Crippen LogP contribution in [0.2, 0.25) is 0 Å². The Kier molecular flexibility index (Phi) is 4.01. The van der Waals surface area contributed by atoms with Gasteiger partial charge in [-0.1, -0.05) is 19.1 Å². The lowest BCUT2D eigenvalue weighted by Gasteiger charge is -2.07. The molecule has 0 N–H and O–H groups in total. The van der Waals surface area contributed by atoms with Crippen LogP contribution in [0.25, 0.3) is 16.9 Å². The van der Waals surface area contributed by atoms with E-state index in [0.717, 1.165) is 33.3 Å². The normalized spacial score (nSPS) is 10.8. The van der Waals surface area contributed by atoms with E-state index < -0.39 is 0 Å². The molecule has 0 bridgehead atoms. The third kappa shape index (κ3) is 2.97. The highest BCUT2D eigenvalue weighted by Crippen LogP contribution is 2.24. The second kappa shape index (κ2) is 6.10. The van der Waals surface area contributed by atoms with Crippen LogP contribution >= 0.6 is 11.8 Å². The first-order valence-corrected chi connectivity index (χ1v) is 7.82. The summed E-state index contributed by atoms with van der Waals surface area (Å²) in [6.45, 7) is 4.19. The summed E-state index contributed by atoms with van der Waals surface area (Å²) in [7, 11) is 0. The molecular weight excluding hydrogens is 280 g/mol. The zero-order chi connectivity index (χ0) is 14.7. The van der Waals surface area contributed by atoms with Crippen molar-refractivity contribution in [3.05, 3.63) is 54.6 Å². The Balaban J connectivity index is 1.90. The predicted octanol–water partition coefficient (Wildman–Crippen LogP) is 3.75. The summed E-state index contributed by atoms with van der Waals surface area (Å²) < 4.78 is 1.98. The Labute approximate surface area is 128 Å². The predicted molar refractivity (Wildman–Crippen MR) is 85.7 cm³/mol. The molecule has 0 saturated heterocycles. The Hall–Kier alpha value is -2.14. The smallest absolute Gasteiger partial charge is 0.119 e. The van der Waals surface area contributed by atoms with Gasteiger partial charge in [0, 0.05) is 23.6 Å². The number of thioether (sulfide) groups is 1. The first kappa shape index (κ1) is 13.8. The first-order valence-electron chi connectivity index (χ1n) is 6.84. The van der Waals surface area contributed by atoms with E-state index in [2.05, 4.69) is 59.4 Å². The van der Waals surface area contributed by atoms with Gasteiger partial charge in [-0.25, -0.2) is 4.98 Å². The molecule has 0 spiro atoms. The van der Waals surface area contributed by atoms with Crippen molar-refractivity contribution in [2.45, 2.75) is 18.9 Å². The summed E-state index contributed by atoms with van der Waals surface area (Å²) >= 11 is 1.71. The summed E-state index contributed by atoms with van der Waals surface area (Å²) in [5.74, 6) is 1.01. The van der Waals surface area contributed by atoms with Crippen LogP contribution in [0, 0.1) is 6.92 Å². The number of aromatic nitrogens is 4. The molecule has 5 heteroatoms. The van der Waals surface area contributed by atoms with Gasteiger partial charge in [0.2, 0.25) is 0 Å². The quantitative estimate of drug-likeness (QED) is 0.688. The minimum absolute atomic E-state index is 0.938. The van der Waals surface area contributed by atoms with Crippen LogP contribution in [0.4, 0.5) is 0 Å². The lowest BCUT2D eigenvalue weighted by molar-refractivity contribution is 0.923. The molecule has 4 nitrogen and oxygen atoms in total. The van der Waals surface area contributed by atoms with Gasteiger partial charge in [-0.3, -0.25) is 0 Å². The Bertz CT molecular complexity index is 721. The summed E-state index contributed by atoms with van der Waals surface area (Å²) in [5, 5.41) is 9.63. The summed E-state index contributed by atoms with van der Waals surface area (Å²) in [5.41, 5.74) is 4.25. The molecule has 0 aliphatic carbocycles. The van der Waals surface area contributed by atoms with E-state index >= 15 is 0 Å². The van der Waals surface area contributed by atoms with Gasteiger partial charge in [0.25, 0.3) is 0 Å². The average molecular weight is 296 g/mol. The van der Waals surface area contributed by atoms with Gasteiger partial charge < -0.3 is 4.57 Å². The van der Waals surface area contributed by atoms with Crippen LogP contribution < -0.4 is 0 Å². The highest BCUT2D eigenvalue weighted by atomic mass is 32.2. The summed E-state index contributed by atoms with van der Waals surface area (Å²) in [6.07, 6.45) is 5.49. The zero-order valence-electron chi connectivity index (χ0n) is 12.0. The zero-order valence-corrected chi connectivity index (χ0v) is 12.8. The molecule has 21 heavy (non-hydrogen) atoms. The topological polar surface area (TPSA) is 43.6 Å². The van der Waals surface area contributed by atoms with E-state index in [1.165, 1.54) is 0 Å². The molecule has 2 heterocycles. The Morgan fingerprint density at radius 3 is 2.57 bits per heavy atom. The second-order valence-electron chi connectivity index (χ2n) is 4.66. The minimum Gasteiger partial charge on any atom is -0.306 e. The summed E-state index contributed by atoms with van der Waals surface area (Å²) in [4.78, 5) is 4.06. The van der Waals surface area contributed by atoms with E-state index in [4.69, 9.17) is 0 Å². The van der Waals surface area contributed by atoms with Crippen LogP contribution in [-0.4, -0.2) is 25.5 Å². The van der Waals surface area contributed by atoms with Crippen LogP contribution in [0.3, 0.4) is 0 Å². The van der Waals surface area contributed by atoms with E-state index in [9.17, 15) is 0 Å². The molecule has 3 aromatic rings. The molecule has 0 aliphatic heterocycles. The van der Waals surface area contributed by atoms with Gasteiger partial charge in [0.1, 0.15) is 5.03 Å². The van der Waals surface area contributed by atoms with Crippen molar-refractivity contribution in [3.8, 4) is 16.9 Å². The molecule has 0 unspecified atom stereocenters. The largest absolute Gasteiger partial charge is 0.306 e. The van der Waals surface area contributed by atoms with Gasteiger partial charge in [-0.15, -0.1) is 22.0 Å². The van der Waals surface area contributed by atoms with Crippen molar-refractivity contribution in [1.82, 2.24) is 19.7 Å². The minimum atomic E-state index is 0.938. The monoisotopic (exact) mass is 296 g/mol. The summed E-state index contributed by atoms with van der Waals surface area (Å²) in [6, 6.07) is 10.4. The molecule has 0 saturated carbocycles. The van der Waals surface area contributed by atoms with Crippen molar-refractivity contribution in [2.75, 3.05) is 5.75 Å². The van der Waals surface area contributed by atoms with Gasteiger partial charge in [0.15, 0.2) is 0 Å². The molecule has 0 atom stereocenters. The number of benzene rings is 1. The lowest BCUT2D eigenvalue weighted by Crippen LogP contribution is -1.95. The van der Waals surface area contributed by atoms with Gasteiger partial charge >= 0.3 is 0 Å². The third-order valence-electron chi connectivity index (χ3n) is 3.20. The number of aryl methyl sites for hydroxylation is 1. The standard InChI is InChI=1S/C16H16N4S/c1-3-21-15-10-12(2)16(19-18-15)13-4-6-14(7-5-13)20-9-8-17-11-20/h4-11H,3H2,1-2H3. The highest BCUT2D eigenvalue weighted by Gasteiger charge is 2.07. The fourth-order valence-electron chi connectivity index (χ4n) is 2.17. The third-order valence-corrected chi connectivity index (χ3v) is 3.98. The Morgan fingerprint density at radius 2 is 1.95 bits per heavy atom. The van der Waals surface area contributed by atoms with Crippen LogP contribution in [0.15, 0.2) is 54.1 Å². The molecule has 0 aliphatic rings. The molecule has 1 aromatic carbocycles. The molecule has 0 radical (unpaired) electrons. The van der Waals surface area contributed by atoms with E-state index in [1.807, 2.05) is 10.8 Å². The van der Waals surface area contributed by atoms with E-state index in [-0.39, 0.29) is 0 Å². The highest BCUT2D eigenvalue weighted by molar-refractivity contribution is 7.99. The molecule has 0 fully saturated rings. The van der Waals surface area contributed by atoms with Gasteiger partial charge in [0.05, 0.1) is 12.0 Å². The first-order chi connectivity index (χ1) is 10.3. The van der Waals surface area contributed by atoms with Crippen molar-refractivity contribution in [2.24, 2.45) is 0 Å². The number of hydrogen-bond donors (Lipinski definition) is 0. The van der Waals surface area contributed by atoms with Crippen molar-refractivity contribution >= 4 is 11.8 Å². The van der Waals surface area contributed by atoms with Gasteiger partial charge in [-0.2, -0.15) is 0 Å². The average Bonchev–Trinajstić information content (AvgIpc) is 3.02. The van der Waals surface area contributed by atoms with Crippen LogP contribution in [0.5, 0.6) is 0 Å². The molecular formula is C16H16N4S. The van der Waals surface area contributed by atoms with E-state index in [1.54, 1.807) is 24.3 Å². The lowest BCUT2D eigenvalue weighted by atomic mass is 10.1. The maximum atomic E-state index is 4.37. The number of nitrogens with zero attached hydrogens (tertiary/aromatic N) is 4. The fraction of sp³-hybridized carbons (Fsp3) is 0.188. The van der Waals surface area contributed by atoms with E-state index in [0.29, 0.717) is 0 Å². The van der Waals surface area contributed by atoms with Crippen molar-refractivity contribution in [1.29, 1.82) is 0 Å². The molecule has 3 rings (SSSR count). The van der Waals surface area contributed by atoms with Crippen molar-refractivity contribution in [3.63, 3.8) is 0 Å². The Morgan fingerprint density at radius 1 is 1.14 bits per heavy atom. The SMILES string of the molecule is CCSc1cc(C)c(-c2ccc(-n3ccnc3)cc2)nn1. The number of imidazole rings is 1. The fourth-order valence-corrected chi connectivity index (χ4v) is 2.82. The van der Waals surface area contributed by atoms with Crippen LogP contribution in [0.1, 0.15) is 12.5 Å². The maximum Gasteiger partial charge on any atom is 0.119 e. The maximum absolute atomic E-state index is 4.37. The number of hydrogen-bond acceptors (Lipinski definition) is 4. The molecule has 0 amide bonds. The number of rotatable bonds is 4. The molecule has 106 valence electrons. The van der Waals surface area contributed by atoms with Crippen LogP contribution in [-0.2, 0) is 0 Å².